The van der Waals surface area contributed by atoms with Crippen LogP contribution in [0.25, 0.3) is 0 Å². The van der Waals surface area contributed by atoms with Crippen LogP contribution in [-0.4, -0.2) is 36.1 Å². The number of halogens is 1. The molecule has 0 aliphatic carbocycles. The second kappa shape index (κ2) is 6.82. The van der Waals surface area contributed by atoms with Gasteiger partial charge in [-0.25, -0.2) is 4.98 Å². The molecule has 92 valence electrons. The van der Waals surface area contributed by atoms with Gasteiger partial charge in [0, 0.05) is 12.6 Å². The standard InChI is InChI=1S/C10H13ClN4O2/c1-3-4-12-6-8(16)14-10-13-7(11)5-9(15-10)17-2/h3,5,12H,1,4,6H2,2H3,(H,13,14,15,16). The van der Waals surface area contributed by atoms with E-state index in [1.54, 1.807) is 6.08 Å². The molecule has 0 aliphatic rings. The summed E-state index contributed by atoms with van der Waals surface area (Å²) < 4.78 is 4.90. The first-order valence-corrected chi connectivity index (χ1v) is 5.23. The number of hydrogen-bond acceptors (Lipinski definition) is 5. The van der Waals surface area contributed by atoms with Crippen LogP contribution in [0.1, 0.15) is 0 Å². The van der Waals surface area contributed by atoms with Crippen LogP contribution in [0.4, 0.5) is 5.95 Å². The van der Waals surface area contributed by atoms with Crippen molar-refractivity contribution in [2.45, 2.75) is 0 Å². The fourth-order valence-corrected chi connectivity index (χ4v) is 1.19. The number of nitrogens with zero attached hydrogens (tertiary/aromatic N) is 2. The van der Waals surface area contributed by atoms with Crippen LogP contribution in [0.3, 0.4) is 0 Å². The number of nitrogens with one attached hydrogen (secondary N) is 2. The molecule has 1 amide bonds. The van der Waals surface area contributed by atoms with E-state index in [4.69, 9.17) is 16.3 Å². The Balaban J connectivity index is 2.58. The van der Waals surface area contributed by atoms with E-state index in [1.807, 2.05) is 0 Å². The van der Waals surface area contributed by atoms with E-state index in [1.165, 1.54) is 13.2 Å². The van der Waals surface area contributed by atoms with Crippen molar-refractivity contribution in [3.63, 3.8) is 0 Å². The van der Waals surface area contributed by atoms with Gasteiger partial charge in [0.15, 0.2) is 0 Å². The van der Waals surface area contributed by atoms with Crippen molar-refractivity contribution in [2.75, 3.05) is 25.5 Å². The second-order valence-corrected chi connectivity index (χ2v) is 3.41. The number of carbonyl (C=O) groups excluding carboxylic acids is 1. The fraction of sp³-hybridized carbons (Fsp3) is 0.300. The molecule has 0 bridgehead atoms. The van der Waals surface area contributed by atoms with Gasteiger partial charge in [0.2, 0.25) is 17.7 Å². The lowest BCUT2D eigenvalue weighted by molar-refractivity contribution is -0.115. The van der Waals surface area contributed by atoms with Crippen LogP contribution < -0.4 is 15.4 Å². The highest BCUT2D eigenvalue weighted by molar-refractivity contribution is 6.29. The van der Waals surface area contributed by atoms with Crippen LogP contribution >= 0.6 is 11.6 Å². The summed E-state index contributed by atoms with van der Waals surface area (Å²) >= 11 is 5.73. The van der Waals surface area contributed by atoms with Crippen molar-refractivity contribution in [2.24, 2.45) is 0 Å². The van der Waals surface area contributed by atoms with Crippen molar-refractivity contribution in [3.8, 4) is 5.88 Å². The minimum absolute atomic E-state index is 0.111. The predicted octanol–water partition coefficient (Wildman–Crippen LogP) is 0.853. The first kappa shape index (κ1) is 13.4. The number of hydrogen-bond donors (Lipinski definition) is 2. The van der Waals surface area contributed by atoms with Gasteiger partial charge < -0.3 is 10.1 Å². The van der Waals surface area contributed by atoms with Crippen molar-refractivity contribution >= 4 is 23.5 Å². The minimum Gasteiger partial charge on any atom is -0.481 e. The lowest BCUT2D eigenvalue weighted by Crippen LogP contribution is -2.28. The molecule has 1 heterocycles. The molecule has 0 saturated heterocycles. The summed E-state index contributed by atoms with van der Waals surface area (Å²) in [5.41, 5.74) is 0. The van der Waals surface area contributed by atoms with Gasteiger partial charge in [-0.1, -0.05) is 17.7 Å². The first-order valence-electron chi connectivity index (χ1n) is 4.85. The van der Waals surface area contributed by atoms with E-state index >= 15 is 0 Å². The third kappa shape index (κ3) is 4.80. The SMILES string of the molecule is C=CCNCC(=O)Nc1nc(Cl)cc(OC)n1. The average molecular weight is 257 g/mol. The molecule has 6 nitrogen and oxygen atoms in total. The van der Waals surface area contributed by atoms with Gasteiger partial charge in [0.05, 0.1) is 13.7 Å². The molecule has 0 aromatic carbocycles. The molecule has 0 unspecified atom stereocenters. The first-order chi connectivity index (χ1) is 8.15. The Hall–Kier alpha value is -1.66. The molecule has 1 rings (SSSR count). The lowest BCUT2D eigenvalue weighted by Gasteiger charge is -2.06. The zero-order valence-electron chi connectivity index (χ0n) is 9.36. The predicted molar refractivity (Wildman–Crippen MR) is 65.3 cm³/mol. The molecular weight excluding hydrogens is 244 g/mol. The van der Waals surface area contributed by atoms with E-state index in [2.05, 4.69) is 27.2 Å². The monoisotopic (exact) mass is 256 g/mol. The molecular formula is C10H13ClN4O2. The second-order valence-electron chi connectivity index (χ2n) is 3.02. The average Bonchev–Trinajstić information content (AvgIpc) is 2.28. The maximum atomic E-state index is 11.4. The summed E-state index contributed by atoms with van der Waals surface area (Å²) in [7, 11) is 1.45. The summed E-state index contributed by atoms with van der Waals surface area (Å²) in [5.74, 6) is 0.135. The Morgan fingerprint density at radius 3 is 3.06 bits per heavy atom. The largest absolute Gasteiger partial charge is 0.481 e. The minimum atomic E-state index is -0.267. The highest BCUT2D eigenvalue weighted by Crippen LogP contribution is 2.15. The van der Waals surface area contributed by atoms with Crippen molar-refractivity contribution in [3.05, 3.63) is 23.9 Å². The molecule has 0 spiro atoms. The number of amides is 1. The zero-order chi connectivity index (χ0) is 12.7. The molecule has 2 N–H and O–H groups in total. The fourth-order valence-electron chi connectivity index (χ4n) is 1.01. The van der Waals surface area contributed by atoms with Gasteiger partial charge in [-0.05, 0) is 0 Å². The number of carbonyl (C=O) groups is 1. The molecule has 1 aromatic heterocycles. The molecule has 17 heavy (non-hydrogen) atoms. The third-order valence-corrected chi connectivity index (χ3v) is 1.90. The van der Waals surface area contributed by atoms with Crippen molar-refractivity contribution in [1.82, 2.24) is 15.3 Å². The van der Waals surface area contributed by atoms with Gasteiger partial charge in [0.25, 0.3) is 0 Å². The quantitative estimate of drug-likeness (QED) is 0.448. The Bertz CT molecular complexity index is 411. The summed E-state index contributed by atoms with van der Waals surface area (Å²) in [6, 6.07) is 1.45. The Morgan fingerprint density at radius 2 is 2.41 bits per heavy atom. The molecule has 0 radical (unpaired) electrons. The van der Waals surface area contributed by atoms with E-state index < -0.39 is 0 Å². The van der Waals surface area contributed by atoms with Gasteiger partial charge in [-0.3, -0.25) is 10.1 Å². The number of anilines is 1. The van der Waals surface area contributed by atoms with E-state index in [0.29, 0.717) is 12.4 Å². The Kier molecular flexibility index (Phi) is 5.38. The highest BCUT2D eigenvalue weighted by atomic mass is 35.5. The van der Waals surface area contributed by atoms with E-state index in [9.17, 15) is 4.79 Å². The van der Waals surface area contributed by atoms with Crippen LogP contribution in [-0.2, 0) is 4.79 Å². The van der Waals surface area contributed by atoms with E-state index in [0.717, 1.165) is 0 Å². The summed E-state index contributed by atoms with van der Waals surface area (Å²) in [4.78, 5) is 19.2. The summed E-state index contributed by atoms with van der Waals surface area (Å²) in [5, 5.41) is 5.54. The van der Waals surface area contributed by atoms with Crippen molar-refractivity contribution in [1.29, 1.82) is 0 Å². The normalized spacial score (nSPS) is 9.76. The summed E-state index contributed by atoms with van der Waals surface area (Å²) in [6.07, 6.45) is 1.66. The maximum absolute atomic E-state index is 11.4. The van der Waals surface area contributed by atoms with Gasteiger partial charge in [0.1, 0.15) is 5.15 Å². The van der Waals surface area contributed by atoms with E-state index in [-0.39, 0.29) is 23.6 Å². The van der Waals surface area contributed by atoms with Crippen LogP contribution in [0.2, 0.25) is 5.15 Å². The number of aromatic nitrogens is 2. The zero-order valence-corrected chi connectivity index (χ0v) is 10.1. The molecule has 0 aliphatic heterocycles. The number of rotatable bonds is 6. The molecule has 0 fully saturated rings. The number of ether oxygens (including phenoxy) is 1. The smallest absolute Gasteiger partial charge is 0.240 e. The molecule has 1 aromatic rings. The van der Waals surface area contributed by atoms with Gasteiger partial charge in [-0.15, -0.1) is 6.58 Å². The Morgan fingerprint density at radius 1 is 1.65 bits per heavy atom. The Labute approximate surface area is 104 Å². The number of methoxy groups -OCH3 is 1. The highest BCUT2D eigenvalue weighted by Gasteiger charge is 2.07. The van der Waals surface area contributed by atoms with Crippen LogP contribution in [0, 0.1) is 0 Å². The van der Waals surface area contributed by atoms with Gasteiger partial charge >= 0.3 is 0 Å². The van der Waals surface area contributed by atoms with Crippen molar-refractivity contribution < 1.29 is 9.53 Å². The molecule has 0 saturated carbocycles. The third-order valence-electron chi connectivity index (χ3n) is 1.71. The van der Waals surface area contributed by atoms with Crippen LogP contribution in [0.15, 0.2) is 18.7 Å². The molecule has 7 heteroatoms. The lowest BCUT2D eigenvalue weighted by atomic mass is 10.5. The summed E-state index contributed by atoms with van der Waals surface area (Å²) in [6.45, 7) is 4.21. The van der Waals surface area contributed by atoms with Gasteiger partial charge in [-0.2, -0.15) is 4.98 Å². The molecule has 0 atom stereocenters. The van der Waals surface area contributed by atoms with Crippen LogP contribution in [0.5, 0.6) is 5.88 Å². The topological polar surface area (TPSA) is 76.1 Å². The maximum Gasteiger partial charge on any atom is 0.240 e.